The first-order chi connectivity index (χ1) is 10.2. The monoisotopic (exact) mass is 282 g/mol. The minimum absolute atomic E-state index is 0.304. The van der Waals surface area contributed by atoms with Crippen molar-refractivity contribution in [2.24, 2.45) is 0 Å². The van der Waals surface area contributed by atoms with E-state index in [1.165, 1.54) is 0 Å². The number of hydrogen-bond donors (Lipinski definition) is 1. The van der Waals surface area contributed by atoms with E-state index in [-0.39, 0.29) is 0 Å². The smallest absolute Gasteiger partial charge is 0.245 e. The maximum Gasteiger partial charge on any atom is 0.245 e. The van der Waals surface area contributed by atoms with E-state index < -0.39 is 0 Å². The fourth-order valence-corrected chi connectivity index (χ4v) is 2.08. The molecule has 0 aliphatic rings. The first-order valence-electron chi connectivity index (χ1n) is 7.11. The third-order valence-electron chi connectivity index (χ3n) is 3.45. The minimum Gasteiger partial charge on any atom is -0.350 e. The number of nitrogens with one attached hydrogen (secondary N) is 1. The van der Waals surface area contributed by atoms with Crippen molar-refractivity contribution in [1.82, 2.24) is 25.0 Å². The molecule has 0 saturated carbocycles. The number of hydrogen-bond acceptors (Lipinski definition) is 5. The number of rotatable bonds is 4. The van der Waals surface area contributed by atoms with Gasteiger partial charge in [-0.2, -0.15) is 10.1 Å². The molecule has 0 radical (unpaired) electrons. The number of aryl methyl sites for hydroxylation is 1. The highest BCUT2D eigenvalue weighted by atomic mass is 15.4. The molecule has 6 heteroatoms. The molecule has 6 nitrogen and oxygen atoms in total. The van der Waals surface area contributed by atoms with Crippen LogP contribution in [0.25, 0.3) is 16.9 Å². The SMILES string of the molecule is CCC(C)Nc1nnc2c(C)nn(-c3ccccc3)c2n1. The lowest BCUT2D eigenvalue weighted by molar-refractivity contribution is 0.748. The van der Waals surface area contributed by atoms with Crippen molar-refractivity contribution in [3.63, 3.8) is 0 Å². The average molecular weight is 282 g/mol. The summed E-state index contributed by atoms with van der Waals surface area (Å²) in [6, 6.07) is 10.2. The Morgan fingerprint density at radius 2 is 1.95 bits per heavy atom. The van der Waals surface area contributed by atoms with Crippen molar-refractivity contribution in [3.8, 4) is 5.69 Å². The Morgan fingerprint density at radius 3 is 2.67 bits per heavy atom. The molecule has 1 N–H and O–H groups in total. The van der Waals surface area contributed by atoms with Gasteiger partial charge in [0, 0.05) is 6.04 Å². The molecule has 1 unspecified atom stereocenters. The Balaban J connectivity index is 2.10. The van der Waals surface area contributed by atoms with Crippen molar-refractivity contribution in [2.75, 3.05) is 5.32 Å². The molecule has 0 spiro atoms. The van der Waals surface area contributed by atoms with Gasteiger partial charge in [0.2, 0.25) is 5.95 Å². The maximum absolute atomic E-state index is 4.58. The molecule has 2 aromatic heterocycles. The summed E-state index contributed by atoms with van der Waals surface area (Å²) in [4.78, 5) is 4.58. The highest BCUT2D eigenvalue weighted by Crippen LogP contribution is 2.18. The molecule has 1 aromatic carbocycles. The number of para-hydroxylation sites is 1. The van der Waals surface area contributed by atoms with Crippen molar-refractivity contribution < 1.29 is 0 Å². The Labute approximate surface area is 123 Å². The van der Waals surface area contributed by atoms with Crippen molar-refractivity contribution >= 4 is 17.1 Å². The van der Waals surface area contributed by atoms with Crippen LogP contribution in [0, 0.1) is 6.92 Å². The van der Waals surface area contributed by atoms with E-state index in [1.54, 1.807) is 4.68 Å². The van der Waals surface area contributed by atoms with Gasteiger partial charge in [0.1, 0.15) is 0 Å². The predicted octanol–water partition coefficient (Wildman–Crippen LogP) is 2.73. The van der Waals surface area contributed by atoms with E-state index in [2.05, 4.69) is 39.4 Å². The summed E-state index contributed by atoms with van der Waals surface area (Å²) in [7, 11) is 0. The molecule has 0 aliphatic heterocycles. The fraction of sp³-hybridized carbons (Fsp3) is 0.333. The van der Waals surface area contributed by atoms with Gasteiger partial charge < -0.3 is 5.32 Å². The first-order valence-corrected chi connectivity index (χ1v) is 7.11. The highest BCUT2D eigenvalue weighted by molar-refractivity contribution is 5.75. The second-order valence-corrected chi connectivity index (χ2v) is 5.09. The van der Waals surface area contributed by atoms with Crippen LogP contribution in [0.4, 0.5) is 5.95 Å². The number of nitrogens with zero attached hydrogens (tertiary/aromatic N) is 5. The van der Waals surface area contributed by atoms with Crippen LogP contribution in [-0.4, -0.2) is 31.0 Å². The molecule has 3 aromatic rings. The molecular formula is C15H18N6. The highest BCUT2D eigenvalue weighted by Gasteiger charge is 2.14. The summed E-state index contributed by atoms with van der Waals surface area (Å²) in [5.74, 6) is 0.536. The van der Waals surface area contributed by atoms with E-state index >= 15 is 0 Å². The van der Waals surface area contributed by atoms with E-state index in [4.69, 9.17) is 0 Å². The van der Waals surface area contributed by atoms with Gasteiger partial charge >= 0.3 is 0 Å². The number of aromatic nitrogens is 5. The largest absolute Gasteiger partial charge is 0.350 e. The molecule has 0 aliphatic carbocycles. The lowest BCUT2D eigenvalue weighted by Crippen LogP contribution is -2.16. The average Bonchev–Trinajstić information content (AvgIpc) is 2.85. The lowest BCUT2D eigenvalue weighted by Gasteiger charge is -2.10. The molecular weight excluding hydrogens is 264 g/mol. The molecule has 0 fully saturated rings. The molecule has 2 heterocycles. The molecule has 108 valence electrons. The standard InChI is InChI=1S/C15H18N6/c1-4-10(2)16-15-17-14-13(18-19-15)11(3)20-21(14)12-8-6-5-7-9-12/h5-10H,4H2,1-3H3,(H,16,17,19). The third-order valence-corrected chi connectivity index (χ3v) is 3.45. The summed E-state index contributed by atoms with van der Waals surface area (Å²) in [6.45, 7) is 6.12. The van der Waals surface area contributed by atoms with Gasteiger partial charge in [0.15, 0.2) is 11.2 Å². The number of fused-ring (bicyclic) bond motifs is 1. The summed E-state index contributed by atoms with van der Waals surface area (Å²) in [5, 5.41) is 16.2. The van der Waals surface area contributed by atoms with Gasteiger partial charge in [-0.1, -0.05) is 25.1 Å². The quantitative estimate of drug-likeness (QED) is 0.797. The molecule has 1 atom stereocenters. The zero-order chi connectivity index (χ0) is 14.8. The van der Waals surface area contributed by atoms with Crippen molar-refractivity contribution in [2.45, 2.75) is 33.2 Å². The Bertz CT molecular complexity index is 749. The van der Waals surface area contributed by atoms with Gasteiger partial charge in [-0.3, -0.25) is 0 Å². The van der Waals surface area contributed by atoms with Crippen molar-refractivity contribution in [3.05, 3.63) is 36.0 Å². The predicted molar refractivity (Wildman–Crippen MR) is 82.6 cm³/mol. The van der Waals surface area contributed by atoms with Crippen LogP contribution in [0.1, 0.15) is 26.0 Å². The van der Waals surface area contributed by atoms with Crippen LogP contribution in [0.2, 0.25) is 0 Å². The molecule has 21 heavy (non-hydrogen) atoms. The van der Waals surface area contributed by atoms with Crippen LogP contribution in [-0.2, 0) is 0 Å². The number of benzene rings is 1. The lowest BCUT2D eigenvalue weighted by atomic mass is 10.3. The Morgan fingerprint density at radius 1 is 1.19 bits per heavy atom. The van der Waals surface area contributed by atoms with Crippen LogP contribution < -0.4 is 5.32 Å². The van der Waals surface area contributed by atoms with E-state index in [0.717, 1.165) is 29.0 Å². The molecule has 0 bridgehead atoms. The van der Waals surface area contributed by atoms with Gasteiger partial charge in [-0.15, -0.1) is 10.2 Å². The van der Waals surface area contributed by atoms with Gasteiger partial charge in [0.05, 0.1) is 11.4 Å². The second-order valence-electron chi connectivity index (χ2n) is 5.09. The summed E-state index contributed by atoms with van der Waals surface area (Å²) >= 11 is 0. The van der Waals surface area contributed by atoms with Crippen LogP contribution in [0.15, 0.2) is 30.3 Å². The maximum atomic E-state index is 4.58. The summed E-state index contributed by atoms with van der Waals surface area (Å²) in [5.41, 5.74) is 3.24. The summed E-state index contributed by atoms with van der Waals surface area (Å²) in [6.07, 6.45) is 0.998. The topological polar surface area (TPSA) is 68.5 Å². The third kappa shape index (κ3) is 2.56. The molecule has 0 amide bonds. The Hall–Kier alpha value is -2.50. The number of anilines is 1. The fourth-order valence-electron chi connectivity index (χ4n) is 2.08. The minimum atomic E-state index is 0.304. The zero-order valence-corrected chi connectivity index (χ0v) is 12.4. The molecule has 0 saturated heterocycles. The second kappa shape index (κ2) is 5.47. The normalized spacial score (nSPS) is 12.5. The van der Waals surface area contributed by atoms with Crippen molar-refractivity contribution in [1.29, 1.82) is 0 Å². The van der Waals surface area contributed by atoms with Crippen LogP contribution in [0.5, 0.6) is 0 Å². The molecule has 3 rings (SSSR count). The Kier molecular flexibility index (Phi) is 3.51. The zero-order valence-electron chi connectivity index (χ0n) is 12.4. The van der Waals surface area contributed by atoms with E-state index in [0.29, 0.717) is 12.0 Å². The van der Waals surface area contributed by atoms with Crippen LogP contribution >= 0.6 is 0 Å². The summed E-state index contributed by atoms with van der Waals surface area (Å²) < 4.78 is 1.81. The van der Waals surface area contributed by atoms with Gasteiger partial charge in [0.25, 0.3) is 0 Å². The van der Waals surface area contributed by atoms with E-state index in [9.17, 15) is 0 Å². The van der Waals surface area contributed by atoms with E-state index in [1.807, 2.05) is 37.3 Å². The van der Waals surface area contributed by atoms with Gasteiger partial charge in [-0.05, 0) is 32.4 Å². The van der Waals surface area contributed by atoms with Crippen LogP contribution in [0.3, 0.4) is 0 Å². The van der Waals surface area contributed by atoms with Gasteiger partial charge in [-0.25, -0.2) is 4.68 Å². The first kappa shape index (κ1) is 13.5.